The number of nitrogens with zero attached hydrogens (tertiary/aromatic N) is 1. The van der Waals surface area contributed by atoms with Crippen molar-refractivity contribution in [1.29, 1.82) is 0 Å². The van der Waals surface area contributed by atoms with Crippen molar-refractivity contribution in [3.63, 3.8) is 0 Å². The van der Waals surface area contributed by atoms with Gasteiger partial charge in [0.2, 0.25) is 0 Å². The van der Waals surface area contributed by atoms with Crippen LogP contribution in [-0.2, 0) is 9.63 Å². The van der Waals surface area contributed by atoms with Crippen LogP contribution in [0, 0.1) is 0 Å². The molecule has 1 aliphatic rings. The van der Waals surface area contributed by atoms with Gasteiger partial charge in [0.05, 0.1) is 11.9 Å². The zero-order chi connectivity index (χ0) is 7.40. The molecule has 0 aromatic rings. The number of hydrogen-bond donors (Lipinski definition) is 0. The van der Waals surface area contributed by atoms with Crippen LogP contribution in [0.4, 0.5) is 0 Å². The second kappa shape index (κ2) is 3.93. The fourth-order valence-corrected chi connectivity index (χ4v) is 1.14. The lowest BCUT2D eigenvalue weighted by Gasteiger charge is -2.24. The monoisotopic (exact) mass is 207 g/mol. The van der Waals surface area contributed by atoms with Crippen LogP contribution in [0.5, 0.6) is 0 Å². The number of rotatable bonds is 1. The average molecular weight is 208 g/mol. The smallest absolute Gasteiger partial charge is 0.256 e. The lowest BCUT2D eigenvalue weighted by Crippen LogP contribution is -2.36. The summed E-state index contributed by atoms with van der Waals surface area (Å²) >= 11 is 3.08. The van der Waals surface area contributed by atoms with E-state index in [0.717, 1.165) is 19.4 Å². The van der Waals surface area contributed by atoms with Crippen LogP contribution in [-0.4, -0.2) is 29.5 Å². The highest BCUT2D eigenvalue weighted by Crippen LogP contribution is 2.06. The van der Waals surface area contributed by atoms with Gasteiger partial charge in [0.1, 0.15) is 0 Å². The molecule has 4 heteroatoms. The number of amides is 1. The number of hydroxylamine groups is 2. The Bertz CT molecular complexity index is 123. The van der Waals surface area contributed by atoms with Gasteiger partial charge in [0.25, 0.3) is 5.91 Å². The van der Waals surface area contributed by atoms with E-state index in [1.807, 2.05) is 0 Å². The van der Waals surface area contributed by atoms with Gasteiger partial charge in [0.15, 0.2) is 0 Å². The quantitative estimate of drug-likeness (QED) is 0.600. The third kappa shape index (κ3) is 1.95. The molecule has 0 aromatic carbocycles. The van der Waals surface area contributed by atoms with E-state index < -0.39 is 0 Å². The molecule has 58 valence electrons. The first-order chi connectivity index (χ1) is 4.84. The Morgan fingerprint density at radius 2 is 2.40 bits per heavy atom. The van der Waals surface area contributed by atoms with Crippen LogP contribution in [0.1, 0.15) is 12.8 Å². The topological polar surface area (TPSA) is 29.5 Å². The molecule has 0 bridgehead atoms. The van der Waals surface area contributed by atoms with E-state index in [0.29, 0.717) is 11.9 Å². The highest BCUT2D eigenvalue weighted by atomic mass is 79.9. The van der Waals surface area contributed by atoms with Gasteiger partial charge in [-0.3, -0.25) is 9.63 Å². The van der Waals surface area contributed by atoms with Gasteiger partial charge in [0, 0.05) is 6.54 Å². The largest absolute Gasteiger partial charge is 0.272 e. The fourth-order valence-electron chi connectivity index (χ4n) is 0.860. The summed E-state index contributed by atoms with van der Waals surface area (Å²) in [6.07, 6.45) is 2.12. The van der Waals surface area contributed by atoms with Gasteiger partial charge in [-0.05, 0) is 12.8 Å². The highest BCUT2D eigenvalue weighted by Gasteiger charge is 2.15. The Kier molecular flexibility index (Phi) is 3.15. The summed E-state index contributed by atoms with van der Waals surface area (Å²) < 4.78 is 0. The molecule has 0 N–H and O–H groups in total. The molecule has 1 amide bonds. The summed E-state index contributed by atoms with van der Waals surface area (Å²) in [7, 11) is 0. The van der Waals surface area contributed by atoms with Crippen molar-refractivity contribution < 1.29 is 9.63 Å². The molecule has 0 radical (unpaired) electrons. The zero-order valence-corrected chi connectivity index (χ0v) is 7.26. The summed E-state index contributed by atoms with van der Waals surface area (Å²) in [6.45, 7) is 1.42. The molecule has 0 aliphatic carbocycles. The van der Waals surface area contributed by atoms with Crippen molar-refractivity contribution in [3.8, 4) is 0 Å². The maximum atomic E-state index is 10.9. The van der Waals surface area contributed by atoms with Crippen molar-refractivity contribution in [2.45, 2.75) is 12.8 Å². The first-order valence-corrected chi connectivity index (χ1v) is 4.46. The van der Waals surface area contributed by atoms with E-state index in [1.54, 1.807) is 0 Å². The molecule has 0 aromatic heterocycles. The van der Waals surface area contributed by atoms with Crippen LogP contribution in [0.3, 0.4) is 0 Å². The molecule has 1 fully saturated rings. The molecular weight excluding hydrogens is 198 g/mol. The first kappa shape index (κ1) is 8.01. The molecule has 0 unspecified atom stereocenters. The lowest BCUT2D eigenvalue weighted by atomic mass is 10.3. The Labute approximate surface area is 68.4 Å². The summed E-state index contributed by atoms with van der Waals surface area (Å²) in [5.74, 6) is 0.0136. The number of alkyl halides is 1. The zero-order valence-electron chi connectivity index (χ0n) is 5.68. The van der Waals surface area contributed by atoms with Gasteiger partial charge in [-0.15, -0.1) is 0 Å². The Hall–Kier alpha value is -0.0900. The van der Waals surface area contributed by atoms with Crippen LogP contribution >= 0.6 is 15.9 Å². The maximum Gasteiger partial charge on any atom is 0.256 e. The molecule has 1 saturated heterocycles. The number of carbonyl (C=O) groups excluding carboxylic acids is 1. The van der Waals surface area contributed by atoms with Crippen molar-refractivity contribution in [1.82, 2.24) is 5.06 Å². The molecule has 10 heavy (non-hydrogen) atoms. The second-order valence-electron chi connectivity index (χ2n) is 2.17. The van der Waals surface area contributed by atoms with Crippen molar-refractivity contribution in [2.24, 2.45) is 0 Å². The Morgan fingerprint density at radius 1 is 1.60 bits per heavy atom. The predicted molar refractivity (Wildman–Crippen MR) is 40.7 cm³/mol. The highest BCUT2D eigenvalue weighted by molar-refractivity contribution is 9.09. The van der Waals surface area contributed by atoms with E-state index in [9.17, 15) is 4.79 Å². The van der Waals surface area contributed by atoms with E-state index >= 15 is 0 Å². The van der Waals surface area contributed by atoms with E-state index in [2.05, 4.69) is 15.9 Å². The maximum absolute atomic E-state index is 10.9. The van der Waals surface area contributed by atoms with Crippen LogP contribution in [0.2, 0.25) is 0 Å². The number of hydrogen-bond acceptors (Lipinski definition) is 2. The second-order valence-corrected chi connectivity index (χ2v) is 2.73. The predicted octanol–water partition coefficient (Wildman–Crippen LogP) is 0.935. The summed E-state index contributed by atoms with van der Waals surface area (Å²) in [6, 6.07) is 0. The molecule has 0 saturated carbocycles. The van der Waals surface area contributed by atoms with Crippen LogP contribution < -0.4 is 0 Å². The average Bonchev–Trinajstić information content (AvgIpc) is 2.05. The molecule has 3 nitrogen and oxygen atoms in total. The normalized spacial score (nSPS) is 19.1. The van der Waals surface area contributed by atoms with E-state index in [1.165, 1.54) is 5.06 Å². The number of halogens is 1. The molecule has 1 heterocycles. The third-order valence-corrected chi connectivity index (χ3v) is 1.87. The molecule has 0 atom stereocenters. The van der Waals surface area contributed by atoms with E-state index in [4.69, 9.17) is 4.84 Å². The molecular formula is C6H10BrNO2. The van der Waals surface area contributed by atoms with Gasteiger partial charge >= 0.3 is 0 Å². The van der Waals surface area contributed by atoms with Gasteiger partial charge in [-0.2, -0.15) is 0 Å². The SMILES string of the molecule is O=C(CBr)N1CCCCO1. The Balaban J connectivity index is 2.31. The molecule has 1 aliphatic heterocycles. The number of carbonyl (C=O) groups is 1. The minimum Gasteiger partial charge on any atom is -0.272 e. The van der Waals surface area contributed by atoms with Crippen LogP contribution in [0.25, 0.3) is 0 Å². The standard InChI is InChI=1S/C6H10BrNO2/c7-5-6(9)8-3-1-2-4-10-8/h1-5H2. The van der Waals surface area contributed by atoms with Crippen molar-refractivity contribution in [3.05, 3.63) is 0 Å². The van der Waals surface area contributed by atoms with Gasteiger partial charge in [-0.1, -0.05) is 15.9 Å². The van der Waals surface area contributed by atoms with Crippen molar-refractivity contribution >= 4 is 21.8 Å². The fraction of sp³-hybridized carbons (Fsp3) is 0.833. The molecule has 1 rings (SSSR count). The third-order valence-electron chi connectivity index (χ3n) is 1.40. The summed E-state index contributed by atoms with van der Waals surface area (Å²) in [5, 5.41) is 1.78. The van der Waals surface area contributed by atoms with E-state index in [-0.39, 0.29) is 5.91 Å². The Morgan fingerprint density at radius 3 is 2.90 bits per heavy atom. The van der Waals surface area contributed by atoms with Gasteiger partial charge in [-0.25, -0.2) is 5.06 Å². The van der Waals surface area contributed by atoms with Gasteiger partial charge < -0.3 is 0 Å². The first-order valence-electron chi connectivity index (χ1n) is 3.34. The lowest BCUT2D eigenvalue weighted by molar-refractivity contribution is -0.194. The van der Waals surface area contributed by atoms with Crippen molar-refractivity contribution in [2.75, 3.05) is 18.5 Å². The summed E-state index contributed by atoms with van der Waals surface area (Å²) in [4.78, 5) is 16.0. The summed E-state index contributed by atoms with van der Waals surface area (Å²) in [5.41, 5.74) is 0. The minimum atomic E-state index is 0.0136. The van der Waals surface area contributed by atoms with Crippen LogP contribution in [0.15, 0.2) is 0 Å². The molecule has 0 spiro atoms. The minimum absolute atomic E-state index is 0.0136.